The molecule has 0 fully saturated rings. The van der Waals surface area contributed by atoms with Gasteiger partial charge in [-0.2, -0.15) is 5.10 Å². The summed E-state index contributed by atoms with van der Waals surface area (Å²) in [5, 5.41) is 6.58. The average molecular weight is 450 g/mol. The summed E-state index contributed by atoms with van der Waals surface area (Å²) in [6.07, 6.45) is 2.79. The zero-order chi connectivity index (χ0) is 23.8. The molecule has 32 heavy (non-hydrogen) atoms. The first-order valence-corrected chi connectivity index (χ1v) is 10.3. The minimum Gasteiger partial charge on any atom is -0.452 e. The van der Waals surface area contributed by atoms with E-state index < -0.39 is 29.7 Å². The van der Waals surface area contributed by atoms with Crippen LogP contribution in [0, 0.1) is 0 Å². The minimum atomic E-state index is -0.812. The first-order valence-electron chi connectivity index (χ1n) is 10.3. The molecule has 4 N–H and O–H groups in total. The van der Waals surface area contributed by atoms with E-state index in [2.05, 4.69) is 15.2 Å². The highest BCUT2D eigenvalue weighted by Gasteiger charge is 2.26. The Kier molecular flexibility index (Phi) is 8.76. The number of H-pyrrole nitrogens is 2. The van der Waals surface area contributed by atoms with Crippen LogP contribution in [-0.4, -0.2) is 58.5 Å². The maximum atomic E-state index is 12.9. The molecule has 12 nitrogen and oxygen atoms in total. The van der Waals surface area contributed by atoms with Crippen molar-refractivity contribution in [3.8, 4) is 0 Å². The average Bonchev–Trinajstić information content (AvgIpc) is 3.24. The lowest BCUT2D eigenvalue weighted by atomic mass is 10.1. The smallest absolute Gasteiger partial charge is 0.342 e. The molecule has 0 unspecified atom stereocenters. The third-order valence-corrected chi connectivity index (χ3v) is 4.83. The Labute approximate surface area is 184 Å². The molecule has 0 aromatic carbocycles. The number of rotatable bonds is 11. The number of aromatic nitrogens is 4. The van der Waals surface area contributed by atoms with E-state index in [-0.39, 0.29) is 42.7 Å². The molecule has 2 rings (SSSR count). The second-order valence-corrected chi connectivity index (χ2v) is 7.46. The van der Waals surface area contributed by atoms with Crippen molar-refractivity contribution < 1.29 is 19.1 Å². The predicted molar refractivity (Wildman–Crippen MR) is 118 cm³/mol. The summed E-state index contributed by atoms with van der Waals surface area (Å²) in [4.78, 5) is 53.3. The number of unbranched alkanes of at least 4 members (excludes halogenated alkanes) is 1. The van der Waals surface area contributed by atoms with Crippen LogP contribution in [0.4, 0.5) is 11.5 Å². The van der Waals surface area contributed by atoms with Crippen LogP contribution in [0.25, 0.3) is 0 Å². The van der Waals surface area contributed by atoms with Gasteiger partial charge in [-0.1, -0.05) is 27.2 Å². The molecule has 0 aliphatic heterocycles. The van der Waals surface area contributed by atoms with Gasteiger partial charge in [-0.15, -0.1) is 0 Å². The van der Waals surface area contributed by atoms with Crippen LogP contribution in [-0.2, 0) is 20.8 Å². The summed E-state index contributed by atoms with van der Waals surface area (Å²) < 4.78 is 11.4. The number of ether oxygens (including phenoxy) is 2. The van der Waals surface area contributed by atoms with Crippen molar-refractivity contribution in [2.24, 2.45) is 0 Å². The van der Waals surface area contributed by atoms with Gasteiger partial charge in [-0.25, -0.2) is 9.59 Å². The molecule has 0 saturated carbocycles. The van der Waals surface area contributed by atoms with E-state index >= 15 is 0 Å². The molecular formula is C20H30N6O6. The Morgan fingerprint density at radius 3 is 2.66 bits per heavy atom. The number of carbonyl (C=O) groups is 2. The molecule has 176 valence electrons. The maximum absolute atomic E-state index is 12.9. The number of esters is 1. The van der Waals surface area contributed by atoms with E-state index in [4.69, 9.17) is 15.2 Å². The third-order valence-electron chi connectivity index (χ3n) is 4.83. The molecular weight excluding hydrogens is 420 g/mol. The van der Waals surface area contributed by atoms with E-state index in [9.17, 15) is 19.2 Å². The van der Waals surface area contributed by atoms with E-state index in [0.717, 1.165) is 11.3 Å². The summed E-state index contributed by atoms with van der Waals surface area (Å²) in [6, 6.07) is 0. The van der Waals surface area contributed by atoms with E-state index in [1.807, 2.05) is 20.8 Å². The largest absolute Gasteiger partial charge is 0.452 e. The number of nitrogens with one attached hydrogen (secondary N) is 2. The van der Waals surface area contributed by atoms with E-state index in [1.165, 1.54) is 17.9 Å². The lowest BCUT2D eigenvalue weighted by molar-refractivity contribution is -0.121. The molecule has 0 atom stereocenters. The number of nitrogens with two attached hydrogens (primary N) is 1. The third kappa shape index (κ3) is 5.63. The van der Waals surface area contributed by atoms with Gasteiger partial charge in [0.25, 0.3) is 11.5 Å². The summed E-state index contributed by atoms with van der Waals surface area (Å²) in [5.74, 6) is -1.56. The number of hydrogen-bond donors (Lipinski definition) is 3. The Morgan fingerprint density at radius 1 is 1.31 bits per heavy atom. The molecule has 2 aromatic heterocycles. The Balaban J connectivity index is 2.31. The Hall–Kier alpha value is -3.41. The minimum absolute atomic E-state index is 0.00326. The first kappa shape index (κ1) is 24.9. The van der Waals surface area contributed by atoms with Crippen molar-refractivity contribution in [1.29, 1.82) is 0 Å². The number of amides is 1. The zero-order valence-electron chi connectivity index (χ0n) is 18.8. The molecule has 2 aromatic rings. The second-order valence-electron chi connectivity index (χ2n) is 7.46. The Morgan fingerprint density at radius 2 is 2.03 bits per heavy atom. The summed E-state index contributed by atoms with van der Waals surface area (Å²) in [6.45, 7) is 5.40. The summed E-state index contributed by atoms with van der Waals surface area (Å²) >= 11 is 0. The second kappa shape index (κ2) is 11.3. The van der Waals surface area contributed by atoms with E-state index in [0.29, 0.717) is 12.1 Å². The highest BCUT2D eigenvalue weighted by Crippen LogP contribution is 2.19. The van der Waals surface area contributed by atoms with Gasteiger partial charge in [0.1, 0.15) is 11.4 Å². The van der Waals surface area contributed by atoms with Crippen LogP contribution in [0.2, 0.25) is 0 Å². The monoisotopic (exact) mass is 450 g/mol. The number of nitrogens with zero attached hydrogens (tertiary/aromatic N) is 3. The standard InChI is InChI=1S/C20H30N6O6/c1-5-6-7-26-17(21)16(18(28)23-20(26)30)25(8-9-31-4)14(27)11-32-19(29)13-10-22-24-15(13)12(2)3/h10,12H,5-9,11,21H2,1-4H3,(H,22,24)(H,23,28,30). The van der Waals surface area contributed by atoms with Crippen molar-refractivity contribution in [3.05, 3.63) is 38.3 Å². The van der Waals surface area contributed by atoms with Gasteiger partial charge in [-0.05, 0) is 12.3 Å². The van der Waals surface area contributed by atoms with Gasteiger partial charge < -0.3 is 15.2 Å². The number of anilines is 2. The van der Waals surface area contributed by atoms with Gasteiger partial charge in [0, 0.05) is 20.2 Å². The van der Waals surface area contributed by atoms with Crippen LogP contribution in [0.3, 0.4) is 0 Å². The molecule has 0 aliphatic rings. The molecule has 0 radical (unpaired) electrons. The van der Waals surface area contributed by atoms with Gasteiger partial charge in [-0.3, -0.25) is 29.1 Å². The number of methoxy groups -OCH3 is 1. The fourth-order valence-corrected chi connectivity index (χ4v) is 3.10. The van der Waals surface area contributed by atoms with Gasteiger partial charge >= 0.3 is 11.7 Å². The highest BCUT2D eigenvalue weighted by molar-refractivity contribution is 5.98. The fraction of sp³-hybridized carbons (Fsp3) is 0.550. The molecule has 1 amide bonds. The number of aromatic amines is 2. The Bertz CT molecular complexity index is 1050. The number of nitrogen functional groups attached to an aromatic ring is 1. The van der Waals surface area contributed by atoms with Crippen LogP contribution < -0.4 is 21.9 Å². The van der Waals surface area contributed by atoms with Crippen LogP contribution in [0.15, 0.2) is 15.8 Å². The highest BCUT2D eigenvalue weighted by atomic mass is 16.5. The van der Waals surface area contributed by atoms with Crippen molar-refractivity contribution in [3.63, 3.8) is 0 Å². The van der Waals surface area contributed by atoms with Crippen LogP contribution in [0.1, 0.15) is 55.6 Å². The topological polar surface area (TPSA) is 165 Å². The maximum Gasteiger partial charge on any atom is 0.342 e. The van der Waals surface area contributed by atoms with Gasteiger partial charge in [0.15, 0.2) is 12.3 Å². The van der Waals surface area contributed by atoms with Crippen LogP contribution in [0.5, 0.6) is 0 Å². The normalized spacial score (nSPS) is 11.0. The van der Waals surface area contributed by atoms with Crippen LogP contribution >= 0.6 is 0 Å². The molecule has 12 heteroatoms. The number of hydrogen-bond acceptors (Lipinski definition) is 8. The van der Waals surface area contributed by atoms with Crippen molar-refractivity contribution in [2.45, 2.75) is 46.1 Å². The van der Waals surface area contributed by atoms with E-state index in [1.54, 1.807) is 0 Å². The van der Waals surface area contributed by atoms with Gasteiger partial charge in [0.2, 0.25) is 0 Å². The lowest BCUT2D eigenvalue weighted by Crippen LogP contribution is -2.44. The zero-order valence-corrected chi connectivity index (χ0v) is 18.8. The fourth-order valence-electron chi connectivity index (χ4n) is 3.10. The van der Waals surface area contributed by atoms with Crippen molar-refractivity contribution in [1.82, 2.24) is 19.7 Å². The molecule has 0 saturated heterocycles. The SMILES string of the molecule is CCCCn1c(N)c(N(CCOC)C(=O)COC(=O)c2cn[nH]c2C(C)C)c(=O)[nH]c1=O. The molecule has 0 aliphatic carbocycles. The first-order chi connectivity index (χ1) is 15.2. The summed E-state index contributed by atoms with van der Waals surface area (Å²) in [5.41, 5.74) is 5.26. The quantitative estimate of drug-likeness (QED) is 0.419. The molecule has 0 spiro atoms. The van der Waals surface area contributed by atoms with Crippen molar-refractivity contribution in [2.75, 3.05) is 37.5 Å². The lowest BCUT2D eigenvalue weighted by Gasteiger charge is -2.24. The molecule has 0 bridgehead atoms. The predicted octanol–water partition coefficient (Wildman–Crippen LogP) is 0.602. The van der Waals surface area contributed by atoms with Crippen molar-refractivity contribution >= 4 is 23.4 Å². The summed E-state index contributed by atoms with van der Waals surface area (Å²) in [7, 11) is 1.44. The number of carbonyl (C=O) groups excluding carboxylic acids is 2. The molecule has 2 heterocycles. The van der Waals surface area contributed by atoms with Gasteiger partial charge in [0.05, 0.1) is 18.5 Å².